The van der Waals surface area contributed by atoms with Crippen molar-refractivity contribution in [2.24, 2.45) is 5.92 Å². The van der Waals surface area contributed by atoms with Crippen LogP contribution in [-0.2, 0) is 14.8 Å². The summed E-state index contributed by atoms with van der Waals surface area (Å²) in [5, 5.41) is 3.25. The Hall–Kier alpha value is -2.22. The first-order chi connectivity index (χ1) is 15.8. The van der Waals surface area contributed by atoms with Crippen molar-refractivity contribution in [3.63, 3.8) is 0 Å². The molecule has 1 unspecified atom stereocenters. The molecule has 7 heteroatoms. The summed E-state index contributed by atoms with van der Waals surface area (Å²) in [6.45, 7) is 11.5. The van der Waals surface area contributed by atoms with Crippen LogP contribution >= 0.6 is 0 Å². The minimum absolute atomic E-state index is 0.0132. The van der Waals surface area contributed by atoms with Crippen molar-refractivity contribution in [2.75, 3.05) is 32.7 Å². The van der Waals surface area contributed by atoms with Gasteiger partial charge in [-0.2, -0.15) is 4.31 Å². The summed E-state index contributed by atoms with van der Waals surface area (Å²) in [6, 6.07) is 15.2. The fourth-order valence-corrected chi connectivity index (χ4v) is 5.89. The van der Waals surface area contributed by atoms with Gasteiger partial charge in [0, 0.05) is 25.6 Å². The predicted molar refractivity (Wildman–Crippen MR) is 133 cm³/mol. The van der Waals surface area contributed by atoms with E-state index in [1.165, 1.54) is 4.31 Å². The standard InChI is InChI=1S/C26H37N3O3S/c1-5-28(6-2)19-25(22-10-8-7-9-11-22)27-26(30)23-14-16-29(17-15-23)33(31,32)24-13-12-20(3)21(4)18-24/h7-13,18,23,25H,5-6,14-17,19H2,1-4H3,(H,27,30). The Labute approximate surface area is 199 Å². The molecule has 0 aromatic heterocycles. The van der Waals surface area contributed by atoms with Crippen LogP contribution in [0.2, 0.25) is 0 Å². The highest BCUT2D eigenvalue weighted by Crippen LogP contribution is 2.26. The highest BCUT2D eigenvalue weighted by molar-refractivity contribution is 7.89. The van der Waals surface area contributed by atoms with Crippen molar-refractivity contribution < 1.29 is 13.2 Å². The smallest absolute Gasteiger partial charge is 0.243 e. The molecule has 1 atom stereocenters. The zero-order chi connectivity index (χ0) is 24.0. The number of amides is 1. The Morgan fingerprint density at radius 3 is 2.24 bits per heavy atom. The first-order valence-electron chi connectivity index (χ1n) is 11.9. The van der Waals surface area contributed by atoms with E-state index in [0.29, 0.717) is 30.8 Å². The highest BCUT2D eigenvalue weighted by Gasteiger charge is 2.33. The van der Waals surface area contributed by atoms with Gasteiger partial charge in [0.25, 0.3) is 0 Å². The summed E-state index contributed by atoms with van der Waals surface area (Å²) in [6.07, 6.45) is 1.06. The van der Waals surface area contributed by atoms with E-state index in [-0.39, 0.29) is 17.9 Å². The van der Waals surface area contributed by atoms with Crippen molar-refractivity contribution >= 4 is 15.9 Å². The van der Waals surface area contributed by atoms with Gasteiger partial charge < -0.3 is 10.2 Å². The Kier molecular flexibility index (Phi) is 8.68. The molecule has 180 valence electrons. The highest BCUT2D eigenvalue weighted by atomic mass is 32.2. The number of likely N-dealkylation sites (N-methyl/N-ethyl adjacent to an activating group) is 1. The zero-order valence-electron chi connectivity index (χ0n) is 20.3. The molecule has 2 aromatic rings. The van der Waals surface area contributed by atoms with Gasteiger partial charge in [0.1, 0.15) is 0 Å². The molecule has 2 aromatic carbocycles. The maximum absolute atomic E-state index is 13.2. The number of sulfonamides is 1. The number of carbonyl (C=O) groups is 1. The third-order valence-electron chi connectivity index (χ3n) is 6.79. The third-order valence-corrected chi connectivity index (χ3v) is 8.69. The van der Waals surface area contributed by atoms with Crippen LogP contribution in [0.4, 0.5) is 0 Å². The van der Waals surface area contributed by atoms with E-state index in [9.17, 15) is 13.2 Å². The van der Waals surface area contributed by atoms with Gasteiger partial charge in [-0.1, -0.05) is 50.2 Å². The van der Waals surface area contributed by atoms with Crippen molar-refractivity contribution in [3.8, 4) is 0 Å². The van der Waals surface area contributed by atoms with E-state index in [1.807, 2.05) is 50.2 Å². The van der Waals surface area contributed by atoms with Gasteiger partial charge in [-0.05, 0) is 68.6 Å². The average molecular weight is 472 g/mol. The van der Waals surface area contributed by atoms with Crippen LogP contribution < -0.4 is 5.32 Å². The van der Waals surface area contributed by atoms with Crippen molar-refractivity contribution in [3.05, 3.63) is 65.2 Å². The second-order valence-corrected chi connectivity index (χ2v) is 10.8. The van der Waals surface area contributed by atoms with E-state index in [4.69, 9.17) is 0 Å². The van der Waals surface area contributed by atoms with E-state index in [2.05, 4.69) is 24.1 Å². The van der Waals surface area contributed by atoms with Gasteiger partial charge in [-0.15, -0.1) is 0 Å². The SMILES string of the molecule is CCN(CC)CC(NC(=O)C1CCN(S(=O)(=O)c2ccc(C)c(C)c2)CC1)c1ccccc1. The molecule has 33 heavy (non-hydrogen) atoms. The molecule has 6 nitrogen and oxygen atoms in total. The van der Waals surface area contributed by atoms with E-state index in [1.54, 1.807) is 12.1 Å². The fourth-order valence-electron chi connectivity index (χ4n) is 4.33. The number of aryl methyl sites for hydroxylation is 2. The molecule has 1 aliphatic heterocycles. The summed E-state index contributed by atoms with van der Waals surface area (Å²) < 4.78 is 27.7. The normalized spacial score (nSPS) is 16.6. The summed E-state index contributed by atoms with van der Waals surface area (Å²) in [5.41, 5.74) is 3.13. The molecule has 1 N–H and O–H groups in total. The minimum Gasteiger partial charge on any atom is -0.348 e. The lowest BCUT2D eigenvalue weighted by atomic mass is 9.96. The second kappa shape index (κ2) is 11.3. The van der Waals surface area contributed by atoms with Crippen molar-refractivity contribution in [1.82, 2.24) is 14.5 Å². The Morgan fingerprint density at radius 2 is 1.67 bits per heavy atom. The molecule has 1 fully saturated rings. The molecule has 1 amide bonds. The quantitative estimate of drug-likeness (QED) is 0.602. The first kappa shape index (κ1) is 25.4. The topological polar surface area (TPSA) is 69.7 Å². The van der Waals surface area contributed by atoms with E-state index < -0.39 is 10.0 Å². The monoisotopic (exact) mass is 471 g/mol. The zero-order valence-corrected chi connectivity index (χ0v) is 21.1. The molecule has 0 aliphatic carbocycles. The number of hydrogen-bond acceptors (Lipinski definition) is 4. The van der Waals surface area contributed by atoms with Gasteiger partial charge in [-0.3, -0.25) is 4.79 Å². The lowest BCUT2D eigenvalue weighted by Crippen LogP contribution is -2.45. The number of piperidine rings is 1. The molecule has 1 heterocycles. The molecule has 0 saturated carbocycles. The Morgan fingerprint density at radius 1 is 1.03 bits per heavy atom. The summed E-state index contributed by atoms with van der Waals surface area (Å²) in [4.78, 5) is 15.8. The van der Waals surface area contributed by atoms with Crippen LogP contribution in [0.25, 0.3) is 0 Å². The molecule has 0 radical (unpaired) electrons. The number of nitrogens with zero attached hydrogens (tertiary/aromatic N) is 2. The molecular formula is C26H37N3O3S. The number of hydrogen-bond donors (Lipinski definition) is 1. The molecule has 0 spiro atoms. The van der Waals surface area contributed by atoms with Gasteiger partial charge in [0.05, 0.1) is 10.9 Å². The largest absolute Gasteiger partial charge is 0.348 e. The van der Waals surface area contributed by atoms with E-state index >= 15 is 0 Å². The second-order valence-electron chi connectivity index (χ2n) is 8.88. The van der Waals surface area contributed by atoms with E-state index in [0.717, 1.165) is 36.3 Å². The van der Waals surface area contributed by atoms with Crippen molar-refractivity contribution in [2.45, 2.75) is 51.5 Å². The summed E-state index contributed by atoms with van der Waals surface area (Å²) in [5.74, 6) is -0.168. The molecule has 0 bridgehead atoms. The molecule has 1 aliphatic rings. The Bertz CT molecular complexity index is 1030. The van der Waals surface area contributed by atoms with Crippen LogP contribution in [0.3, 0.4) is 0 Å². The van der Waals surface area contributed by atoms with Gasteiger partial charge in [-0.25, -0.2) is 8.42 Å². The number of benzene rings is 2. The fraction of sp³-hybridized carbons (Fsp3) is 0.500. The number of carbonyl (C=O) groups excluding carboxylic acids is 1. The van der Waals surface area contributed by atoms with Gasteiger partial charge in [0.2, 0.25) is 15.9 Å². The lowest BCUT2D eigenvalue weighted by molar-refractivity contribution is -0.127. The molecule has 1 saturated heterocycles. The molecule has 3 rings (SSSR count). The van der Waals surface area contributed by atoms with Gasteiger partial charge >= 0.3 is 0 Å². The third kappa shape index (κ3) is 6.22. The van der Waals surface area contributed by atoms with Gasteiger partial charge in [0.15, 0.2) is 0 Å². The van der Waals surface area contributed by atoms with Crippen LogP contribution in [0.15, 0.2) is 53.4 Å². The number of nitrogens with one attached hydrogen (secondary N) is 1. The lowest BCUT2D eigenvalue weighted by Gasteiger charge is -2.32. The summed E-state index contributed by atoms with van der Waals surface area (Å²) >= 11 is 0. The van der Waals surface area contributed by atoms with Crippen LogP contribution in [0, 0.1) is 19.8 Å². The first-order valence-corrected chi connectivity index (χ1v) is 13.3. The van der Waals surface area contributed by atoms with Crippen molar-refractivity contribution in [1.29, 1.82) is 0 Å². The Balaban J connectivity index is 1.65. The minimum atomic E-state index is -3.54. The number of rotatable bonds is 9. The molecular weight excluding hydrogens is 434 g/mol. The van der Waals surface area contributed by atoms with Crippen LogP contribution in [0.1, 0.15) is 49.4 Å². The maximum Gasteiger partial charge on any atom is 0.243 e. The van der Waals surface area contributed by atoms with Crippen LogP contribution in [0.5, 0.6) is 0 Å². The maximum atomic E-state index is 13.2. The predicted octanol–water partition coefficient (Wildman–Crippen LogP) is 3.90. The summed E-state index contributed by atoms with van der Waals surface area (Å²) in [7, 11) is -3.54. The average Bonchev–Trinajstić information content (AvgIpc) is 2.83. The van der Waals surface area contributed by atoms with Crippen LogP contribution in [-0.4, -0.2) is 56.3 Å².